The number of nitrogens with zero attached hydrogens (tertiary/aromatic N) is 3. The summed E-state index contributed by atoms with van der Waals surface area (Å²) in [5.74, 6) is 0.166. The number of hydrogen-bond donors (Lipinski definition) is 2. The summed E-state index contributed by atoms with van der Waals surface area (Å²) in [6.07, 6.45) is 3.38. The largest absolute Gasteiger partial charge is 0.411 e. The molecule has 7 nitrogen and oxygen atoms in total. The number of benzene rings is 1. The van der Waals surface area contributed by atoms with Gasteiger partial charge in [-0.3, -0.25) is 4.79 Å². The maximum atomic E-state index is 12.4. The fourth-order valence-electron chi connectivity index (χ4n) is 2.53. The van der Waals surface area contributed by atoms with Gasteiger partial charge in [0, 0.05) is 23.3 Å². The molecule has 3 heterocycles. The summed E-state index contributed by atoms with van der Waals surface area (Å²) >= 11 is 7.14. The molecule has 0 unspecified atom stereocenters. The molecule has 3 aromatic heterocycles. The topological polar surface area (TPSA) is 96.7 Å². The SMILES string of the molecule is C[C@@H](Sc1nnc(-c2c[nH]c3ccccc23)o1)C(=O)Nc1cccnc1Cl. The van der Waals surface area contributed by atoms with E-state index < -0.39 is 5.25 Å². The lowest BCUT2D eigenvalue weighted by Crippen LogP contribution is -2.22. The fourth-order valence-corrected chi connectivity index (χ4v) is 3.38. The molecule has 1 amide bonds. The Kier molecular flexibility index (Phi) is 4.83. The van der Waals surface area contributed by atoms with Gasteiger partial charge in [-0.15, -0.1) is 10.2 Å². The van der Waals surface area contributed by atoms with Crippen molar-refractivity contribution in [3.05, 3.63) is 53.9 Å². The number of aromatic nitrogens is 4. The number of amides is 1. The number of nitrogens with one attached hydrogen (secondary N) is 2. The zero-order chi connectivity index (χ0) is 18.8. The van der Waals surface area contributed by atoms with E-state index in [9.17, 15) is 4.79 Å². The van der Waals surface area contributed by atoms with Crippen LogP contribution in [0.15, 0.2) is 58.4 Å². The van der Waals surface area contributed by atoms with Crippen LogP contribution in [-0.2, 0) is 4.79 Å². The predicted octanol–water partition coefficient (Wildman–Crippen LogP) is 4.39. The molecular formula is C18H14ClN5O2S. The van der Waals surface area contributed by atoms with E-state index in [0.717, 1.165) is 16.5 Å². The molecule has 0 radical (unpaired) electrons. The number of carbonyl (C=O) groups excluding carboxylic acids is 1. The van der Waals surface area contributed by atoms with Gasteiger partial charge in [0.15, 0.2) is 5.15 Å². The number of H-pyrrole nitrogens is 1. The van der Waals surface area contributed by atoms with Crippen LogP contribution in [0.1, 0.15) is 6.92 Å². The average Bonchev–Trinajstić information content (AvgIpc) is 3.30. The minimum atomic E-state index is -0.461. The molecule has 4 rings (SSSR count). The van der Waals surface area contributed by atoms with Crippen molar-refractivity contribution in [2.24, 2.45) is 0 Å². The van der Waals surface area contributed by atoms with Crippen LogP contribution in [0, 0.1) is 0 Å². The van der Waals surface area contributed by atoms with E-state index in [1.54, 1.807) is 25.3 Å². The predicted molar refractivity (Wildman–Crippen MR) is 105 cm³/mol. The molecule has 0 saturated heterocycles. The lowest BCUT2D eigenvalue weighted by Gasteiger charge is -2.10. The Hall–Kier alpha value is -2.84. The number of rotatable bonds is 5. The van der Waals surface area contributed by atoms with Gasteiger partial charge < -0.3 is 14.7 Å². The number of pyridine rings is 1. The molecule has 0 aliphatic heterocycles. The Morgan fingerprint density at radius 2 is 2.11 bits per heavy atom. The van der Waals surface area contributed by atoms with Crippen LogP contribution >= 0.6 is 23.4 Å². The van der Waals surface area contributed by atoms with Crippen LogP contribution in [0.4, 0.5) is 5.69 Å². The Labute approximate surface area is 163 Å². The van der Waals surface area contributed by atoms with E-state index in [2.05, 4.69) is 25.5 Å². The van der Waals surface area contributed by atoms with Crippen molar-refractivity contribution in [1.29, 1.82) is 0 Å². The third-order valence-electron chi connectivity index (χ3n) is 3.89. The highest BCUT2D eigenvalue weighted by Gasteiger charge is 2.20. The molecule has 2 N–H and O–H groups in total. The number of carbonyl (C=O) groups is 1. The number of fused-ring (bicyclic) bond motifs is 1. The Morgan fingerprint density at radius 1 is 1.26 bits per heavy atom. The van der Waals surface area contributed by atoms with E-state index in [1.807, 2.05) is 30.5 Å². The van der Waals surface area contributed by atoms with E-state index in [0.29, 0.717) is 16.8 Å². The number of hydrogen-bond acceptors (Lipinski definition) is 6. The van der Waals surface area contributed by atoms with Crippen LogP contribution in [0.2, 0.25) is 5.15 Å². The molecule has 9 heteroatoms. The Bertz CT molecular complexity index is 1110. The van der Waals surface area contributed by atoms with Crippen molar-refractivity contribution < 1.29 is 9.21 Å². The lowest BCUT2D eigenvalue weighted by atomic mass is 10.2. The van der Waals surface area contributed by atoms with Crippen molar-refractivity contribution in [3.63, 3.8) is 0 Å². The minimum absolute atomic E-state index is 0.234. The van der Waals surface area contributed by atoms with Crippen LogP contribution < -0.4 is 5.32 Å². The summed E-state index contributed by atoms with van der Waals surface area (Å²) in [6, 6.07) is 11.2. The van der Waals surface area contributed by atoms with Crippen LogP contribution in [0.3, 0.4) is 0 Å². The maximum absolute atomic E-state index is 12.4. The van der Waals surface area contributed by atoms with Gasteiger partial charge in [-0.25, -0.2) is 4.98 Å². The third kappa shape index (κ3) is 3.67. The second-order valence-corrected chi connectivity index (χ2v) is 7.36. The highest BCUT2D eigenvalue weighted by Crippen LogP contribution is 2.31. The lowest BCUT2D eigenvalue weighted by molar-refractivity contribution is -0.115. The smallest absolute Gasteiger partial charge is 0.277 e. The Morgan fingerprint density at radius 3 is 2.96 bits per heavy atom. The van der Waals surface area contributed by atoms with Crippen molar-refractivity contribution in [1.82, 2.24) is 20.2 Å². The molecule has 4 aromatic rings. The first-order chi connectivity index (χ1) is 13.1. The highest BCUT2D eigenvalue weighted by atomic mass is 35.5. The van der Waals surface area contributed by atoms with E-state index in [-0.39, 0.29) is 11.1 Å². The van der Waals surface area contributed by atoms with Crippen LogP contribution in [0.25, 0.3) is 22.4 Å². The number of thioether (sulfide) groups is 1. The van der Waals surface area contributed by atoms with Crippen LogP contribution in [-0.4, -0.2) is 31.3 Å². The molecule has 136 valence electrons. The molecular weight excluding hydrogens is 386 g/mol. The van der Waals surface area contributed by atoms with Gasteiger partial charge in [0.2, 0.25) is 5.91 Å². The molecule has 0 fully saturated rings. The van der Waals surface area contributed by atoms with Gasteiger partial charge in [-0.05, 0) is 25.1 Å². The minimum Gasteiger partial charge on any atom is -0.411 e. The summed E-state index contributed by atoms with van der Waals surface area (Å²) in [6.45, 7) is 1.75. The maximum Gasteiger partial charge on any atom is 0.277 e. The summed E-state index contributed by atoms with van der Waals surface area (Å²) < 4.78 is 5.73. The number of aromatic amines is 1. The van der Waals surface area contributed by atoms with E-state index in [4.69, 9.17) is 16.0 Å². The Balaban J connectivity index is 1.47. The van der Waals surface area contributed by atoms with Gasteiger partial charge in [0.25, 0.3) is 11.1 Å². The molecule has 1 aromatic carbocycles. The zero-order valence-electron chi connectivity index (χ0n) is 14.1. The van der Waals surface area contributed by atoms with Gasteiger partial charge >= 0.3 is 0 Å². The molecule has 1 atom stereocenters. The summed E-state index contributed by atoms with van der Waals surface area (Å²) in [7, 11) is 0. The zero-order valence-corrected chi connectivity index (χ0v) is 15.7. The summed E-state index contributed by atoms with van der Waals surface area (Å²) in [4.78, 5) is 19.5. The van der Waals surface area contributed by atoms with Gasteiger partial charge in [0.05, 0.1) is 16.5 Å². The monoisotopic (exact) mass is 399 g/mol. The van der Waals surface area contributed by atoms with Gasteiger partial charge in [0.1, 0.15) is 0 Å². The molecule has 0 spiro atoms. The van der Waals surface area contributed by atoms with Crippen molar-refractivity contribution >= 4 is 45.9 Å². The van der Waals surface area contributed by atoms with Crippen molar-refractivity contribution in [3.8, 4) is 11.5 Å². The van der Waals surface area contributed by atoms with Crippen molar-refractivity contribution in [2.75, 3.05) is 5.32 Å². The highest BCUT2D eigenvalue weighted by molar-refractivity contribution is 8.00. The first-order valence-corrected chi connectivity index (χ1v) is 9.35. The van der Waals surface area contributed by atoms with Gasteiger partial charge in [-0.1, -0.05) is 41.6 Å². The molecule has 0 aliphatic carbocycles. The summed E-state index contributed by atoms with van der Waals surface area (Å²) in [5, 5.41) is 12.0. The van der Waals surface area contributed by atoms with E-state index >= 15 is 0 Å². The number of para-hydroxylation sites is 1. The van der Waals surface area contributed by atoms with Crippen LogP contribution in [0.5, 0.6) is 0 Å². The standard InChI is InChI=1S/C18H14ClN5O2S/c1-10(16(25)22-14-7-4-8-20-15(14)19)27-18-24-23-17(26-18)12-9-21-13-6-3-2-5-11(12)13/h2-10,21H,1H3,(H,22,25)/t10-/m1/s1. The molecule has 0 saturated carbocycles. The fraction of sp³-hybridized carbons (Fsp3) is 0.111. The average molecular weight is 400 g/mol. The quantitative estimate of drug-likeness (QED) is 0.381. The molecule has 27 heavy (non-hydrogen) atoms. The second-order valence-electron chi connectivity index (χ2n) is 5.71. The normalized spacial score (nSPS) is 12.2. The molecule has 0 bridgehead atoms. The first-order valence-electron chi connectivity index (χ1n) is 8.10. The van der Waals surface area contributed by atoms with Gasteiger partial charge in [-0.2, -0.15) is 0 Å². The first kappa shape index (κ1) is 17.6. The molecule has 0 aliphatic rings. The third-order valence-corrected chi connectivity index (χ3v) is 5.13. The van der Waals surface area contributed by atoms with Crippen molar-refractivity contribution in [2.45, 2.75) is 17.4 Å². The number of anilines is 1. The number of halogens is 1. The summed E-state index contributed by atoms with van der Waals surface area (Å²) in [5.41, 5.74) is 2.27. The second kappa shape index (κ2) is 7.42. The van der Waals surface area contributed by atoms with E-state index in [1.165, 1.54) is 11.8 Å².